The summed E-state index contributed by atoms with van der Waals surface area (Å²) in [5, 5.41) is 0.142. The largest absolute Gasteiger partial charge is 0.414 e. The van der Waals surface area contributed by atoms with Gasteiger partial charge in [0.05, 0.1) is 12.7 Å². The smallest absolute Gasteiger partial charge is 0.193 e. The third kappa shape index (κ3) is 6.72. The van der Waals surface area contributed by atoms with Crippen molar-refractivity contribution in [1.29, 1.82) is 0 Å². The van der Waals surface area contributed by atoms with Crippen LogP contribution in [0.4, 0.5) is 0 Å². The van der Waals surface area contributed by atoms with E-state index < -0.39 is 34.1 Å². The molecule has 1 fully saturated rings. The van der Waals surface area contributed by atoms with Gasteiger partial charge < -0.3 is 18.3 Å². The zero-order valence-electron chi connectivity index (χ0n) is 22.1. The van der Waals surface area contributed by atoms with Crippen molar-refractivity contribution in [2.24, 2.45) is 0 Å². The van der Waals surface area contributed by atoms with Crippen LogP contribution in [0.15, 0.2) is 0 Å². The first-order chi connectivity index (χ1) is 13.0. The molecule has 1 aliphatic heterocycles. The van der Waals surface area contributed by atoms with E-state index in [0.29, 0.717) is 13.0 Å². The third-order valence-electron chi connectivity index (χ3n) is 7.24. The summed E-state index contributed by atoms with van der Waals surface area (Å²) in [6, 6.07) is 0. The Morgan fingerprint density at radius 1 is 0.967 bits per heavy atom. The van der Waals surface area contributed by atoms with Gasteiger partial charge in [-0.1, -0.05) is 41.5 Å². The van der Waals surface area contributed by atoms with E-state index in [1.807, 2.05) is 20.8 Å². The molecule has 1 saturated heterocycles. The van der Waals surface area contributed by atoms with E-state index in [0.717, 1.165) is 0 Å². The maximum Gasteiger partial charge on any atom is 0.193 e. The summed E-state index contributed by atoms with van der Waals surface area (Å²) in [5.74, 6) is -0.685. The van der Waals surface area contributed by atoms with E-state index in [1.165, 1.54) is 0 Å². The minimum absolute atomic E-state index is 0.0295. The number of Topliss-reactive ketones (excluding diaryl/α,β-unsaturated/α-hetero) is 1. The van der Waals surface area contributed by atoms with Crippen LogP contribution in [-0.2, 0) is 23.1 Å². The van der Waals surface area contributed by atoms with Crippen LogP contribution in [0.3, 0.4) is 0 Å². The number of carbonyl (C=O) groups excluding carboxylic acids is 1. The highest BCUT2D eigenvalue weighted by Gasteiger charge is 2.53. The van der Waals surface area contributed by atoms with Gasteiger partial charge in [0, 0.05) is 6.42 Å². The molecule has 1 aliphatic rings. The average molecular weight is 461 g/mol. The molecule has 7 heteroatoms. The molecular weight excluding hydrogens is 412 g/mol. The van der Waals surface area contributed by atoms with Crippen LogP contribution < -0.4 is 0 Å². The van der Waals surface area contributed by atoms with Gasteiger partial charge in [0.25, 0.3) is 0 Å². The topological polar surface area (TPSA) is 54.0 Å². The first-order valence-electron chi connectivity index (χ1n) is 11.2. The molecule has 1 rings (SSSR count). The Hall–Kier alpha value is -0.0562. The molecule has 0 unspecified atom stereocenters. The Morgan fingerprint density at radius 3 is 1.83 bits per heavy atom. The average Bonchev–Trinajstić information content (AvgIpc) is 2.71. The first kappa shape index (κ1) is 28.0. The van der Waals surface area contributed by atoms with Crippen LogP contribution in [0.5, 0.6) is 0 Å². The van der Waals surface area contributed by atoms with E-state index in [2.05, 4.69) is 67.7 Å². The van der Waals surface area contributed by atoms with Gasteiger partial charge in [-0.05, 0) is 64.0 Å². The molecule has 0 N–H and O–H groups in total. The fourth-order valence-corrected chi connectivity index (χ4v) is 5.51. The van der Waals surface area contributed by atoms with Crippen molar-refractivity contribution in [3.63, 3.8) is 0 Å². The molecule has 0 aliphatic carbocycles. The highest BCUT2D eigenvalue weighted by molar-refractivity contribution is 6.74. The molecule has 0 spiro atoms. The van der Waals surface area contributed by atoms with Crippen LogP contribution in [0.2, 0.25) is 36.3 Å². The molecule has 0 radical (unpaired) electrons. The van der Waals surface area contributed by atoms with E-state index in [4.69, 9.17) is 18.3 Å². The second-order valence-electron chi connectivity index (χ2n) is 12.7. The minimum atomic E-state index is -2.10. The summed E-state index contributed by atoms with van der Waals surface area (Å²) in [4.78, 5) is 12.5. The van der Waals surface area contributed by atoms with Gasteiger partial charge in [0.1, 0.15) is 11.7 Å². The van der Waals surface area contributed by atoms with Crippen molar-refractivity contribution in [2.75, 3.05) is 6.61 Å². The lowest BCUT2D eigenvalue weighted by Crippen LogP contribution is -2.51. The lowest BCUT2D eigenvalue weighted by atomic mass is 9.94. The van der Waals surface area contributed by atoms with Crippen LogP contribution in [0, 0.1) is 0 Å². The monoisotopic (exact) mass is 460 g/mol. The number of hydrogen-bond donors (Lipinski definition) is 0. The molecule has 5 nitrogen and oxygen atoms in total. The van der Waals surface area contributed by atoms with E-state index >= 15 is 0 Å². The van der Waals surface area contributed by atoms with Gasteiger partial charge in [0.2, 0.25) is 0 Å². The number of ketones is 1. The Kier molecular flexibility index (Phi) is 8.12. The molecule has 0 amide bonds. The van der Waals surface area contributed by atoms with Crippen molar-refractivity contribution in [1.82, 2.24) is 0 Å². The highest BCUT2D eigenvalue weighted by atomic mass is 28.4. The molecule has 0 bridgehead atoms. The van der Waals surface area contributed by atoms with Crippen molar-refractivity contribution < 1.29 is 23.1 Å². The summed E-state index contributed by atoms with van der Waals surface area (Å²) >= 11 is 0. The molecule has 0 aromatic heterocycles. The van der Waals surface area contributed by atoms with Gasteiger partial charge >= 0.3 is 0 Å². The van der Waals surface area contributed by atoms with Crippen molar-refractivity contribution >= 4 is 22.4 Å². The van der Waals surface area contributed by atoms with Crippen LogP contribution >= 0.6 is 0 Å². The van der Waals surface area contributed by atoms with Crippen molar-refractivity contribution in [3.05, 3.63) is 0 Å². The van der Waals surface area contributed by atoms with Gasteiger partial charge in [-0.15, -0.1) is 0 Å². The number of carbonyl (C=O) groups is 1. The fraction of sp³-hybridized carbons (Fsp3) is 0.957. The molecule has 0 aromatic carbocycles. The third-order valence-corrected chi connectivity index (χ3v) is 16.2. The number of ether oxygens (including phenoxy) is 2. The van der Waals surface area contributed by atoms with Crippen LogP contribution in [0.1, 0.15) is 75.7 Å². The lowest BCUT2D eigenvalue weighted by Gasteiger charge is -2.41. The highest BCUT2D eigenvalue weighted by Crippen LogP contribution is 2.43. The lowest BCUT2D eigenvalue weighted by molar-refractivity contribution is -0.166. The molecular formula is C23H48O5Si2. The van der Waals surface area contributed by atoms with Gasteiger partial charge in [0.15, 0.2) is 28.2 Å². The molecule has 178 valence electrons. The van der Waals surface area contributed by atoms with E-state index in [1.54, 1.807) is 6.92 Å². The van der Waals surface area contributed by atoms with Crippen molar-refractivity contribution in [2.45, 2.75) is 136 Å². The second kappa shape index (κ2) is 8.71. The summed E-state index contributed by atoms with van der Waals surface area (Å²) in [6.45, 7) is 30.0. The fourth-order valence-electron chi connectivity index (χ4n) is 3.10. The van der Waals surface area contributed by atoms with Gasteiger partial charge in [-0.3, -0.25) is 4.79 Å². The Labute approximate surface area is 187 Å². The minimum Gasteiger partial charge on any atom is -0.414 e. The standard InChI is InChI=1S/C23H48O5Si2/c1-17(24)18(27-30(13,14)21(5,6)7)15-19-23(10,28-22(8,9)26-19)16-25-29(11,12)20(2,3)4/h18-19H,15-16H2,1-14H3/t18-,19+,23+/m0/s1. The quantitative estimate of drug-likeness (QED) is 0.398. The Morgan fingerprint density at radius 2 is 1.43 bits per heavy atom. The summed E-state index contributed by atoms with van der Waals surface area (Å²) in [6.07, 6.45) is -0.306. The molecule has 0 saturated carbocycles. The normalized spacial score (nSPS) is 26.7. The molecule has 1 heterocycles. The van der Waals surface area contributed by atoms with Crippen LogP contribution in [-0.4, -0.2) is 52.6 Å². The Bertz CT molecular complexity index is 616. The molecule has 3 atom stereocenters. The zero-order valence-corrected chi connectivity index (χ0v) is 24.1. The predicted octanol–water partition coefficient (Wildman–Crippen LogP) is 6.29. The zero-order chi connectivity index (χ0) is 24.0. The summed E-state index contributed by atoms with van der Waals surface area (Å²) in [5.41, 5.74) is -0.635. The van der Waals surface area contributed by atoms with Crippen molar-refractivity contribution in [3.8, 4) is 0 Å². The number of rotatable bonds is 8. The molecule has 30 heavy (non-hydrogen) atoms. The SMILES string of the molecule is CC(=O)[C@H](C[C@H]1OC(C)(C)O[C@]1(C)CO[Si](C)(C)C(C)(C)C)O[Si](C)(C)C(C)(C)C. The summed E-state index contributed by atoms with van der Waals surface area (Å²) < 4.78 is 25.7. The maximum absolute atomic E-state index is 12.5. The van der Waals surface area contributed by atoms with E-state index in [9.17, 15) is 4.79 Å². The Balaban J connectivity index is 3.08. The van der Waals surface area contributed by atoms with Gasteiger partial charge in [-0.2, -0.15) is 0 Å². The predicted molar refractivity (Wildman–Crippen MR) is 129 cm³/mol. The second-order valence-corrected chi connectivity index (χ2v) is 22.2. The number of hydrogen-bond acceptors (Lipinski definition) is 5. The van der Waals surface area contributed by atoms with Crippen LogP contribution in [0.25, 0.3) is 0 Å². The van der Waals surface area contributed by atoms with E-state index in [-0.39, 0.29) is 22.0 Å². The first-order valence-corrected chi connectivity index (χ1v) is 17.0. The maximum atomic E-state index is 12.5. The molecule has 0 aromatic rings. The summed E-state index contributed by atoms with van der Waals surface area (Å²) in [7, 11) is -4.05. The van der Waals surface area contributed by atoms with Gasteiger partial charge in [-0.25, -0.2) is 0 Å².